The first kappa shape index (κ1) is 12.3. The van der Waals surface area contributed by atoms with E-state index in [1.54, 1.807) is 0 Å². The lowest BCUT2D eigenvalue weighted by molar-refractivity contribution is 0.0464. The van der Waals surface area contributed by atoms with Gasteiger partial charge in [-0.1, -0.05) is 11.6 Å². The van der Waals surface area contributed by atoms with Crippen molar-refractivity contribution in [1.82, 2.24) is 9.97 Å². The van der Waals surface area contributed by atoms with Gasteiger partial charge in [0.05, 0.1) is 11.7 Å². The number of aldehydes is 1. The number of aromatic nitrogens is 2. The Morgan fingerprint density at radius 2 is 2.29 bits per heavy atom. The van der Waals surface area contributed by atoms with Gasteiger partial charge in [0.2, 0.25) is 0 Å². The SMILES string of the molecule is CN(CC1CC(O)C1)c1ncnc(Cl)c1C=O. The topological polar surface area (TPSA) is 66.3 Å². The molecule has 5 nitrogen and oxygen atoms in total. The molecule has 0 aliphatic heterocycles. The van der Waals surface area contributed by atoms with Crippen LogP contribution in [0.15, 0.2) is 6.33 Å². The largest absolute Gasteiger partial charge is 0.393 e. The lowest BCUT2D eigenvalue weighted by Crippen LogP contribution is -2.37. The molecule has 0 spiro atoms. The standard InChI is InChI=1S/C11H14ClN3O2/c1-15(4-7-2-8(17)3-7)11-9(5-16)10(12)13-6-14-11/h5-8,17H,2-4H2,1H3. The third-order valence-electron chi connectivity index (χ3n) is 3.04. The van der Waals surface area contributed by atoms with Gasteiger partial charge in [-0.2, -0.15) is 0 Å². The summed E-state index contributed by atoms with van der Waals surface area (Å²) in [6.07, 6.45) is 3.45. The van der Waals surface area contributed by atoms with E-state index >= 15 is 0 Å². The van der Waals surface area contributed by atoms with Crippen LogP contribution < -0.4 is 4.90 Å². The van der Waals surface area contributed by atoms with E-state index in [-0.39, 0.29) is 11.3 Å². The van der Waals surface area contributed by atoms with Gasteiger partial charge < -0.3 is 10.0 Å². The summed E-state index contributed by atoms with van der Waals surface area (Å²) < 4.78 is 0. The van der Waals surface area contributed by atoms with Gasteiger partial charge in [-0.05, 0) is 18.8 Å². The van der Waals surface area contributed by atoms with Crippen molar-refractivity contribution < 1.29 is 9.90 Å². The number of rotatable bonds is 4. The van der Waals surface area contributed by atoms with Crippen LogP contribution in [0.3, 0.4) is 0 Å². The van der Waals surface area contributed by atoms with E-state index in [1.807, 2.05) is 11.9 Å². The number of anilines is 1. The summed E-state index contributed by atoms with van der Waals surface area (Å²) in [6, 6.07) is 0. The van der Waals surface area contributed by atoms with Crippen LogP contribution in [0, 0.1) is 5.92 Å². The molecule has 1 aliphatic rings. The van der Waals surface area contributed by atoms with Crippen LogP contribution in [-0.4, -0.2) is 41.1 Å². The number of aliphatic hydroxyl groups excluding tert-OH is 1. The van der Waals surface area contributed by atoms with E-state index < -0.39 is 0 Å². The second kappa shape index (κ2) is 4.98. The molecule has 0 unspecified atom stereocenters. The lowest BCUT2D eigenvalue weighted by atomic mass is 9.82. The van der Waals surface area contributed by atoms with Gasteiger partial charge in [0, 0.05) is 13.6 Å². The van der Waals surface area contributed by atoms with Gasteiger partial charge in [-0.3, -0.25) is 4.79 Å². The van der Waals surface area contributed by atoms with E-state index in [1.165, 1.54) is 6.33 Å². The second-order valence-corrected chi connectivity index (χ2v) is 4.75. The lowest BCUT2D eigenvalue weighted by Gasteiger charge is -2.35. The molecule has 1 saturated carbocycles. The summed E-state index contributed by atoms with van der Waals surface area (Å²) in [7, 11) is 1.86. The van der Waals surface area contributed by atoms with E-state index in [0.717, 1.165) is 19.4 Å². The Labute approximate surface area is 104 Å². The average Bonchev–Trinajstić information content (AvgIpc) is 2.26. The summed E-state index contributed by atoms with van der Waals surface area (Å²) in [6.45, 7) is 0.755. The Morgan fingerprint density at radius 3 is 2.88 bits per heavy atom. The van der Waals surface area contributed by atoms with E-state index in [0.29, 0.717) is 23.6 Å². The highest BCUT2D eigenvalue weighted by atomic mass is 35.5. The third-order valence-corrected chi connectivity index (χ3v) is 3.34. The molecular weight excluding hydrogens is 242 g/mol. The zero-order valence-electron chi connectivity index (χ0n) is 9.51. The van der Waals surface area contributed by atoms with E-state index in [2.05, 4.69) is 9.97 Å². The van der Waals surface area contributed by atoms with Crippen molar-refractivity contribution in [3.05, 3.63) is 17.0 Å². The average molecular weight is 256 g/mol. The van der Waals surface area contributed by atoms with Gasteiger partial charge in [0.25, 0.3) is 0 Å². The van der Waals surface area contributed by atoms with Crippen LogP contribution in [0.4, 0.5) is 5.82 Å². The van der Waals surface area contributed by atoms with Crippen LogP contribution >= 0.6 is 11.6 Å². The van der Waals surface area contributed by atoms with Crippen LogP contribution in [-0.2, 0) is 0 Å². The maximum atomic E-state index is 10.9. The molecule has 1 N–H and O–H groups in total. The smallest absolute Gasteiger partial charge is 0.156 e. The molecule has 6 heteroatoms. The quantitative estimate of drug-likeness (QED) is 0.646. The minimum absolute atomic E-state index is 0.172. The Morgan fingerprint density at radius 1 is 1.59 bits per heavy atom. The molecule has 0 radical (unpaired) electrons. The fourth-order valence-electron chi connectivity index (χ4n) is 2.09. The fourth-order valence-corrected chi connectivity index (χ4v) is 2.27. The van der Waals surface area contributed by atoms with Crippen molar-refractivity contribution in [2.45, 2.75) is 18.9 Å². The number of halogens is 1. The highest BCUT2D eigenvalue weighted by Gasteiger charge is 2.28. The van der Waals surface area contributed by atoms with Gasteiger partial charge in [-0.15, -0.1) is 0 Å². The molecule has 1 aromatic heterocycles. The summed E-state index contributed by atoms with van der Waals surface area (Å²) in [5.74, 6) is 0.990. The summed E-state index contributed by atoms with van der Waals surface area (Å²) in [4.78, 5) is 20.7. The monoisotopic (exact) mass is 255 g/mol. The summed E-state index contributed by atoms with van der Waals surface area (Å²) in [5, 5.41) is 9.40. The second-order valence-electron chi connectivity index (χ2n) is 4.39. The van der Waals surface area contributed by atoms with Crippen molar-refractivity contribution in [2.75, 3.05) is 18.5 Å². The Bertz CT molecular complexity index is 421. The number of carbonyl (C=O) groups is 1. The van der Waals surface area contributed by atoms with Gasteiger partial charge in [0.1, 0.15) is 17.3 Å². The van der Waals surface area contributed by atoms with Crippen molar-refractivity contribution in [1.29, 1.82) is 0 Å². The number of carbonyl (C=O) groups excluding carboxylic acids is 1. The van der Waals surface area contributed by atoms with Crippen LogP contribution in [0.25, 0.3) is 0 Å². The van der Waals surface area contributed by atoms with Crippen LogP contribution in [0.5, 0.6) is 0 Å². The first-order chi connectivity index (χ1) is 8.11. The van der Waals surface area contributed by atoms with Crippen LogP contribution in [0.1, 0.15) is 23.2 Å². The summed E-state index contributed by atoms with van der Waals surface area (Å²) >= 11 is 5.83. The van der Waals surface area contributed by atoms with Crippen molar-refractivity contribution in [3.63, 3.8) is 0 Å². The number of hydrogen-bond acceptors (Lipinski definition) is 5. The Kier molecular flexibility index (Phi) is 3.59. The molecule has 1 fully saturated rings. The van der Waals surface area contributed by atoms with Crippen molar-refractivity contribution in [3.8, 4) is 0 Å². The van der Waals surface area contributed by atoms with Crippen LogP contribution in [0.2, 0.25) is 5.15 Å². The Balaban J connectivity index is 2.10. The fraction of sp³-hybridized carbons (Fsp3) is 0.545. The highest BCUT2D eigenvalue weighted by Crippen LogP contribution is 2.29. The molecule has 0 saturated heterocycles. The first-order valence-electron chi connectivity index (χ1n) is 5.46. The van der Waals surface area contributed by atoms with Crippen molar-refractivity contribution >= 4 is 23.7 Å². The predicted octanol–water partition coefficient (Wildman–Crippen LogP) is 1.15. The minimum atomic E-state index is -0.173. The molecule has 2 rings (SSSR count). The number of nitrogens with zero attached hydrogens (tertiary/aromatic N) is 3. The van der Waals surface area contributed by atoms with Gasteiger partial charge in [0.15, 0.2) is 6.29 Å². The van der Waals surface area contributed by atoms with Gasteiger partial charge in [-0.25, -0.2) is 9.97 Å². The molecule has 92 valence electrons. The zero-order chi connectivity index (χ0) is 12.4. The van der Waals surface area contributed by atoms with Crippen molar-refractivity contribution in [2.24, 2.45) is 5.92 Å². The third kappa shape index (κ3) is 2.56. The first-order valence-corrected chi connectivity index (χ1v) is 5.84. The van der Waals surface area contributed by atoms with E-state index in [4.69, 9.17) is 11.6 Å². The Hall–Kier alpha value is -1.20. The zero-order valence-corrected chi connectivity index (χ0v) is 10.3. The predicted molar refractivity (Wildman–Crippen MR) is 64.4 cm³/mol. The summed E-state index contributed by atoms with van der Waals surface area (Å²) in [5.41, 5.74) is 0.316. The molecule has 0 aromatic carbocycles. The van der Waals surface area contributed by atoms with Gasteiger partial charge >= 0.3 is 0 Å². The maximum Gasteiger partial charge on any atom is 0.156 e. The normalized spacial score (nSPS) is 23.0. The van der Waals surface area contributed by atoms with E-state index in [9.17, 15) is 9.90 Å². The minimum Gasteiger partial charge on any atom is -0.393 e. The molecule has 0 amide bonds. The molecule has 17 heavy (non-hydrogen) atoms. The molecule has 1 heterocycles. The number of aliphatic hydroxyl groups is 1. The molecular formula is C11H14ClN3O2. The number of hydrogen-bond donors (Lipinski definition) is 1. The molecule has 0 atom stereocenters. The maximum absolute atomic E-state index is 10.9. The molecule has 1 aromatic rings. The highest BCUT2D eigenvalue weighted by molar-refractivity contribution is 6.32. The molecule has 0 bridgehead atoms. The molecule has 1 aliphatic carbocycles.